The van der Waals surface area contributed by atoms with E-state index in [1.54, 1.807) is 30.3 Å². The summed E-state index contributed by atoms with van der Waals surface area (Å²) in [6, 6.07) is 13.8. The molecule has 1 atom stereocenters. The second-order valence-electron chi connectivity index (χ2n) is 6.32. The molecule has 0 saturated heterocycles. The van der Waals surface area contributed by atoms with Crippen LogP contribution in [-0.2, 0) is 16.2 Å². The summed E-state index contributed by atoms with van der Waals surface area (Å²) < 4.78 is 70.0. The molecule has 0 saturated carbocycles. The summed E-state index contributed by atoms with van der Waals surface area (Å²) in [7, 11) is -3.72. The van der Waals surface area contributed by atoms with Crippen LogP contribution in [0.2, 0.25) is 0 Å². The third kappa shape index (κ3) is 5.01. The first-order valence-corrected chi connectivity index (χ1v) is 10.3. The van der Waals surface area contributed by atoms with E-state index in [0.717, 1.165) is 6.42 Å². The third-order valence-corrected chi connectivity index (χ3v) is 5.66. The maximum atomic E-state index is 12.6. The minimum atomic E-state index is -4.72. The Bertz CT molecular complexity index is 1050. The summed E-state index contributed by atoms with van der Waals surface area (Å²) in [4.78, 5) is 3.50. The predicted octanol–water partition coefficient (Wildman–Crippen LogP) is 4.58. The quantitative estimate of drug-likeness (QED) is 0.599. The molecule has 1 aromatic heterocycles. The van der Waals surface area contributed by atoms with Gasteiger partial charge < -0.3 is 4.52 Å². The molecule has 1 unspecified atom stereocenters. The normalized spacial score (nSPS) is 13.4. The van der Waals surface area contributed by atoms with Crippen molar-refractivity contribution in [3.8, 4) is 11.4 Å². The second kappa shape index (κ2) is 8.34. The molecule has 0 fully saturated rings. The fourth-order valence-electron chi connectivity index (χ4n) is 2.76. The van der Waals surface area contributed by atoms with Crippen LogP contribution in [0, 0.1) is 0 Å². The average Bonchev–Trinajstić information content (AvgIpc) is 3.19. The molecule has 10 heteroatoms. The van der Waals surface area contributed by atoms with Gasteiger partial charge in [0.15, 0.2) is 0 Å². The van der Waals surface area contributed by atoms with Gasteiger partial charge in [0.05, 0.1) is 4.90 Å². The van der Waals surface area contributed by atoms with Gasteiger partial charge in [0.2, 0.25) is 15.8 Å². The van der Waals surface area contributed by atoms with Crippen LogP contribution in [0.15, 0.2) is 64.0 Å². The first-order valence-electron chi connectivity index (χ1n) is 8.79. The monoisotopic (exact) mass is 425 g/mol. The molecule has 2 aromatic carbocycles. The molecular weight excluding hydrogens is 407 g/mol. The molecule has 0 bridgehead atoms. The lowest BCUT2D eigenvalue weighted by Gasteiger charge is -2.19. The maximum absolute atomic E-state index is 12.6. The highest BCUT2D eigenvalue weighted by Gasteiger charge is 2.38. The Morgan fingerprint density at radius 1 is 1.07 bits per heavy atom. The number of alkyl halides is 3. The van der Waals surface area contributed by atoms with Crippen LogP contribution >= 0.6 is 0 Å². The number of aromatic nitrogens is 2. The number of sulfonamides is 1. The Balaban J connectivity index is 1.83. The summed E-state index contributed by atoms with van der Waals surface area (Å²) in [6.45, 7) is 1.93. The number of benzene rings is 2. The van der Waals surface area contributed by atoms with Crippen molar-refractivity contribution < 1.29 is 26.1 Å². The smallest absolute Gasteiger partial charge is 0.329 e. The topological polar surface area (TPSA) is 85.1 Å². The van der Waals surface area contributed by atoms with Crippen LogP contribution in [0.3, 0.4) is 0 Å². The van der Waals surface area contributed by atoms with E-state index in [2.05, 4.69) is 19.4 Å². The number of nitrogens with zero attached hydrogens (tertiary/aromatic N) is 2. The van der Waals surface area contributed by atoms with Crippen LogP contribution in [0.4, 0.5) is 13.2 Å². The van der Waals surface area contributed by atoms with E-state index >= 15 is 0 Å². The highest BCUT2D eigenvalue weighted by atomic mass is 32.2. The molecule has 0 aliphatic heterocycles. The molecule has 0 aliphatic rings. The van der Waals surface area contributed by atoms with E-state index in [1.807, 2.05) is 6.92 Å². The van der Waals surface area contributed by atoms with Gasteiger partial charge in [-0.3, -0.25) is 0 Å². The SMILES string of the molecule is CCCC(NS(=O)(=O)c1ccccc1)c1ccc(-c2noc(C(F)(F)F)n2)cc1. The number of hydrogen-bond donors (Lipinski definition) is 1. The van der Waals surface area contributed by atoms with E-state index in [1.165, 1.54) is 24.3 Å². The molecule has 0 amide bonds. The van der Waals surface area contributed by atoms with Gasteiger partial charge in [0.25, 0.3) is 0 Å². The van der Waals surface area contributed by atoms with Crippen molar-refractivity contribution >= 4 is 10.0 Å². The van der Waals surface area contributed by atoms with Gasteiger partial charge in [-0.15, -0.1) is 0 Å². The first-order chi connectivity index (χ1) is 13.7. The summed E-state index contributed by atoms with van der Waals surface area (Å²) >= 11 is 0. The molecular formula is C19H18F3N3O3S. The van der Waals surface area contributed by atoms with E-state index in [-0.39, 0.29) is 10.7 Å². The number of halogens is 3. The van der Waals surface area contributed by atoms with Crippen molar-refractivity contribution in [2.75, 3.05) is 0 Å². The van der Waals surface area contributed by atoms with Crippen LogP contribution in [0.5, 0.6) is 0 Å². The fraction of sp³-hybridized carbons (Fsp3) is 0.263. The number of hydrogen-bond acceptors (Lipinski definition) is 5. The minimum Gasteiger partial charge on any atom is -0.329 e. The molecule has 6 nitrogen and oxygen atoms in total. The van der Waals surface area contributed by atoms with Gasteiger partial charge in [-0.25, -0.2) is 13.1 Å². The van der Waals surface area contributed by atoms with Gasteiger partial charge in [-0.2, -0.15) is 18.2 Å². The Kier molecular flexibility index (Phi) is 6.04. The predicted molar refractivity (Wildman–Crippen MR) is 99.1 cm³/mol. The molecule has 29 heavy (non-hydrogen) atoms. The molecule has 154 valence electrons. The summed E-state index contributed by atoms with van der Waals surface area (Å²) in [5.41, 5.74) is 1.00. The lowest BCUT2D eigenvalue weighted by Crippen LogP contribution is -2.28. The van der Waals surface area contributed by atoms with Crippen LogP contribution in [0.1, 0.15) is 37.3 Å². The van der Waals surface area contributed by atoms with Crippen molar-refractivity contribution in [1.82, 2.24) is 14.9 Å². The van der Waals surface area contributed by atoms with Crippen LogP contribution < -0.4 is 4.72 Å². The highest BCUT2D eigenvalue weighted by Crippen LogP contribution is 2.30. The summed E-state index contributed by atoms with van der Waals surface area (Å²) in [6.07, 6.45) is -3.44. The largest absolute Gasteiger partial charge is 0.471 e. The van der Waals surface area contributed by atoms with E-state index in [0.29, 0.717) is 17.5 Å². The molecule has 0 spiro atoms. The van der Waals surface area contributed by atoms with Crippen molar-refractivity contribution in [3.05, 3.63) is 66.1 Å². The van der Waals surface area contributed by atoms with Gasteiger partial charge in [-0.1, -0.05) is 61.0 Å². The van der Waals surface area contributed by atoms with Crippen LogP contribution in [-0.4, -0.2) is 18.6 Å². The van der Waals surface area contributed by atoms with Gasteiger partial charge in [0, 0.05) is 11.6 Å². The van der Waals surface area contributed by atoms with Crippen molar-refractivity contribution in [2.24, 2.45) is 0 Å². The van der Waals surface area contributed by atoms with Crippen LogP contribution in [0.25, 0.3) is 11.4 Å². The molecule has 1 heterocycles. The zero-order valence-corrected chi connectivity index (χ0v) is 16.2. The van der Waals surface area contributed by atoms with Crippen molar-refractivity contribution in [2.45, 2.75) is 36.9 Å². The van der Waals surface area contributed by atoms with Crippen molar-refractivity contribution in [1.29, 1.82) is 0 Å². The lowest BCUT2D eigenvalue weighted by molar-refractivity contribution is -0.159. The molecule has 0 radical (unpaired) electrons. The minimum absolute atomic E-state index is 0.157. The second-order valence-corrected chi connectivity index (χ2v) is 8.03. The van der Waals surface area contributed by atoms with E-state index in [9.17, 15) is 21.6 Å². The Labute approximate surface area is 165 Å². The van der Waals surface area contributed by atoms with E-state index in [4.69, 9.17) is 0 Å². The summed E-state index contributed by atoms with van der Waals surface area (Å²) in [5, 5.41) is 3.35. The Morgan fingerprint density at radius 2 is 1.72 bits per heavy atom. The van der Waals surface area contributed by atoms with Gasteiger partial charge >= 0.3 is 12.1 Å². The van der Waals surface area contributed by atoms with Crippen molar-refractivity contribution in [3.63, 3.8) is 0 Å². The Hall–Kier alpha value is -2.72. The summed E-state index contributed by atoms with van der Waals surface area (Å²) in [5.74, 6) is -1.61. The van der Waals surface area contributed by atoms with Gasteiger partial charge in [0.1, 0.15) is 0 Å². The third-order valence-electron chi connectivity index (χ3n) is 4.17. The Morgan fingerprint density at radius 3 is 2.28 bits per heavy atom. The lowest BCUT2D eigenvalue weighted by atomic mass is 10.0. The average molecular weight is 425 g/mol. The zero-order valence-electron chi connectivity index (χ0n) is 15.3. The maximum Gasteiger partial charge on any atom is 0.471 e. The molecule has 3 rings (SSSR count). The molecule has 3 aromatic rings. The molecule has 1 N–H and O–H groups in total. The van der Waals surface area contributed by atoms with E-state index < -0.39 is 28.1 Å². The number of rotatable bonds is 7. The van der Waals surface area contributed by atoms with Gasteiger partial charge in [-0.05, 0) is 24.1 Å². The first kappa shape index (κ1) is 21.0. The zero-order chi connectivity index (χ0) is 21.1. The highest BCUT2D eigenvalue weighted by molar-refractivity contribution is 7.89. The fourth-order valence-corrected chi connectivity index (χ4v) is 4.04. The number of nitrogens with one attached hydrogen (secondary N) is 1. The standard InChI is InChI=1S/C19H18F3N3O3S/c1-2-6-16(25-29(26,27)15-7-4-3-5-8-15)13-9-11-14(12-10-13)17-23-18(28-24-17)19(20,21)22/h3-5,7-12,16,25H,2,6H2,1H3. The molecule has 0 aliphatic carbocycles.